The van der Waals surface area contributed by atoms with Gasteiger partial charge in [0.1, 0.15) is 6.04 Å². The zero-order chi connectivity index (χ0) is 13.5. The van der Waals surface area contributed by atoms with Gasteiger partial charge < -0.3 is 15.7 Å². The van der Waals surface area contributed by atoms with Gasteiger partial charge in [0.15, 0.2) is 0 Å². The second kappa shape index (κ2) is 7.24. The van der Waals surface area contributed by atoms with E-state index in [1.165, 1.54) is 12.8 Å². The Morgan fingerprint density at radius 2 is 2.11 bits per heavy atom. The molecule has 0 saturated heterocycles. The summed E-state index contributed by atoms with van der Waals surface area (Å²) in [4.78, 5) is 22.3. The molecule has 1 fully saturated rings. The number of carboxylic acid groups (broad SMARTS) is 1. The second-order valence-electron chi connectivity index (χ2n) is 5.29. The van der Waals surface area contributed by atoms with Crippen molar-refractivity contribution in [3.05, 3.63) is 0 Å². The number of carboxylic acids is 1. The van der Waals surface area contributed by atoms with Crippen LogP contribution in [0.4, 0.5) is 4.79 Å². The number of nitrogens with one attached hydrogen (secondary N) is 2. The summed E-state index contributed by atoms with van der Waals surface area (Å²) in [6.07, 6.45) is 5.20. The number of urea groups is 1. The highest BCUT2D eigenvalue weighted by Gasteiger charge is 2.21. The molecule has 0 heterocycles. The van der Waals surface area contributed by atoms with E-state index in [4.69, 9.17) is 5.11 Å². The van der Waals surface area contributed by atoms with Crippen LogP contribution in [0, 0.1) is 11.8 Å². The Morgan fingerprint density at radius 3 is 2.67 bits per heavy atom. The molecule has 5 heteroatoms. The Balaban J connectivity index is 2.25. The molecule has 3 atom stereocenters. The monoisotopic (exact) mass is 256 g/mol. The number of amides is 2. The fourth-order valence-corrected chi connectivity index (χ4v) is 2.53. The number of carbonyl (C=O) groups excluding carboxylic acids is 1. The van der Waals surface area contributed by atoms with Gasteiger partial charge in [0.2, 0.25) is 0 Å². The predicted octanol–water partition coefficient (Wildman–Crippen LogP) is 1.98. The molecule has 104 valence electrons. The Labute approximate surface area is 108 Å². The normalized spacial score (nSPS) is 25.2. The summed E-state index contributed by atoms with van der Waals surface area (Å²) in [6, 6.07) is -1.17. The zero-order valence-corrected chi connectivity index (χ0v) is 11.2. The average molecular weight is 256 g/mol. The molecule has 1 aliphatic rings. The molecule has 0 bridgehead atoms. The van der Waals surface area contributed by atoms with E-state index in [-0.39, 0.29) is 6.03 Å². The number of aliphatic carboxylic acids is 1. The SMILES string of the molecule is CC[C@H](NC(=O)NCC1CCCC(C)C1)C(=O)O. The van der Waals surface area contributed by atoms with E-state index in [2.05, 4.69) is 17.6 Å². The van der Waals surface area contributed by atoms with Crippen LogP contribution >= 0.6 is 0 Å². The maximum Gasteiger partial charge on any atom is 0.326 e. The first-order valence-electron chi connectivity index (χ1n) is 6.80. The highest BCUT2D eigenvalue weighted by molar-refractivity contribution is 5.82. The molecule has 0 aliphatic heterocycles. The highest BCUT2D eigenvalue weighted by atomic mass is 16.4. The van der Waals surface area contributed by atoms with Gasteiger partial charge in [-0.05, 0) is 31.1 Å². The van der Waals surface area contributed by atoms with Crippen molar-refractivity contribution >= 4 is 12.0 Å². The fraction of sp³-hybridized carbons (Fsp3) is 0.846. The van der Waals surface area contributed by atoms with E-state index in [0.29, 0.717) is 18.9 Å². The minimum absolute atomic E-state index is 0.373. The molecule has 0 aromatic heterocycles. The largest absolute Gasteiger partial charge is 0.480 e. The molecule has 0 aromatic rings. The Kier molecular flexibility index (Phi) is 5.95. The van der Waals surface area contributed by atoms with E-state index < -0.39 is 12.0 Å². The molecule has 1 rings (SSSR count). The maximum absolute atomic E-state index is 11.6. The van der Waals surface area contributed by atoms with E-state index in [0.717, 1.165) is 18.8 Å². The summed E-state index contributed by atoms with van der Waals surface area (Å²) >= 11 is 0. The van der Waals surface area contributed by atoms with Gasteiger partial charge in [-0.15, -0.1) is 0 Å². The van der Waals surface area contributed by atoms with Crippen molar-refractivity contribution in [2.24, 2.45) is 11.8 Å². The van der Waals surface area contributed by atoms with Crippen molar-refractivity contribution in [1.29, 1.82) is 0 Å². The van der Waals surface area contributed by atoms with Crippen LogP contribution in [-0.4, -0.2) is 29.7 Å². The summed E-state index contributed by atoms with van der Waals surface area (Å²) in [5.74, 6) is 0.277. The van der Waals surface area contributed by atoms with Crippen molar-refractivity contribution in [3.63, 3.8) is 0 Å². The van der Waals surface area contributed by atoms with E-state index in [1.54, 1.807) is 6.92 Å². The van der Waals surface area contributed by atoms with Gasteiger partial charge in [-0.3, -0.25) is 0 Å². The van der Waals surface area contributed by atoms with E-state index >= 15 is 0 Å². The predicted molar refractivity (Wildman–Crippen MR) is 69.4 cm³/mol. The van der Waals surface area contributed by atoms with Crippen LogP contribution in [0.2, 0.25) is 0 Å². The first kappa shape index (κ1) is 14.8. The van der Waals surface area contributed by atoms with Crippen molar-refractivity contribution in [3.8, 4) is 0 Å². The lowest BCUT2D eigenvalue weighted by molar-refractivity contribution is -0.139. The lowest BCUT2D eigenvalue weighted by Gasteiger charge is -2.27. The minimum atomic E-state index is -0.987. The molecule has 1 saturated carbocycles. The topological polar surface area (TPSA) is 78.4 Å². The molecular weight excluding hydrogens is 232 g/mol. The van der Waals surface area contributed by atoms with Crippen LogP contribution in [0.15, 0.2) is 0 Å². The van der Waals surface area contributed by atoms with Gasteiger partial charge in [0, 0.05) is 6.54 Å². The first-order valence-corrected chi connectivity index (χ1v) is 6.80. The Morgan fingerprint density at radius 1 is 1.39 bits per heavy atom. The van der Waals surface area contributed by atoms with Gasteiger partial charge in [0.25, 0.3) is 0 Å². The summed E-state index contributed by atoms with van der Waals surface area (Å²) in [6.45, 7) is 4.62. The Bertz CT molecular complexity index is 294. The summed E-state index contributed by atoms with van der Waals surface area (Å²) in [5, 5.41) is 14.1. The van der Waals surface area contributed by atoms with Gasteiger partial charge >= 0.3 is 12.0 Å². The lowest BCUT2D eigenvalue weighted by Crippen LogP contribution is -2.47. The third kappa shape index (κ3) is 4.94. The summed E-state index contributed by atoms with van der Waals surface area (Å²) in [5.41, 5.74) is 0. The highest BCUT2D eigenvalue weighted by Crippen LogP contribution is 2.27. The van der Waals surface area contributed by atoms with Crippen LogP contribution in [-0.2, 0) is 4.79 Å². The number of hydrogen-bond donors (Lipinski definition) is 3. The number of hydrogen-bond acceptors (Lipinski definition) is 2. The van der Waals surface area contributed by atoms with Crippen LogP contribution in [0.3, 0.4) is 0 Å². The van der Waals surface area contributed by atoms with Crippen molar-refractivity contribution in [2.45, 2.75) is 52.0 Å². The van der Waals surface area contributed by atoms with Gasteiger partial charge in [-0.1, -0.05) is 26.7 Å². The average Bonchev–Trinajstić information content (AvgIpc) is 2.33. The summed E-state index contributed by atoms with van der Waals surface area (Å²) < 4.78 is 0. The van der Waals surface area contributed by atoms with Gasteiger partial charge in [0.05, 0.1) is 0 Å². The molecule has 0 radical (unpaired) electrons. The van der Waals surface area contributed by atoms with Gasteiger partial charge in [-0.25, -0.2) is 9.59 Å². The molecule has 2 unspecified atom stereocenters. The number of rotatable bonds is 5. The molecule has 1 aliphatic carbocycles. The molecule has 5 nitrogen and oxygen atoms in total. The van der Waals surface area contributed by atoms with Gasteiger partial charge in [-0.2, -0.15) is 0 Å². The lowest BCUT2D eigenvalue weighted by atomic mass is 9.82. The van der Waals surface area contributed by atoms with Crippen molar-refractivity contribution < 1.29 is 14.7 Å². The Hall–Kier alpha value is -1.26. The smallest absolute Gasteiger partial charge is 0.326 e. The molecular formula is C13H24N2O3. The minimum Gasteiger partial charge on any atom is -0.480 e. The zero-order valence-electron chi connectivity index (χ0n) is 11.2. The maximum atomic E-state index is 11.6. The first-order chi connectivity index (χ1) is 8.52. The third-order valence-corrected chi connectivity index (χ3v) is 3.61. The molecule has 0 aromatic carbocycles. The quantitative estimate of drug-likeness (QED) is 0.703. The summed E-state index contributed by atoms with van der Waals surface area (Å²) in [7, 11) is 0. The molecule has 2 amide bonds. The molecule has 3 N–H and O–H groups in total. The van der Waals surface area contributed by atoms with E-state index in [1.807, 2.05) is 0 Å². The van der Waals surface area contributed by atoms with Crippen LogP contribution < -0.4 is 10.6 Å². The van der Waals surface area contributed by atoms with Crippen LogP contribution in [0.1, 0.15) is 46.0 Å². The van der Waals surface area contributed by atoms with Crippen LogP contribution in [0.25, 0.3) is 0 Å². The van der Waals surface area contributed by atoms with Crippen molar-refractivity contribution in [2.75, 3.05) is 6.54 Å². The third-order valence-electron chi connectivity index (χ3n) is 3.61. The number of carbonyl (C=O) groups is 2. The van der Waals surface area contributed by atoms with E-state index in [9.17, 15) is 9.59 Å². The molecule has 0 spiro atoms. The standard InChI is InChI=1S/C13H24N2O3/c1-3-11(12(16)17)15-13(18)14-8-10-6-4-5-9(2)7-10/h9-11H,3-8H2,1-2H3,(H,16,17)(H2,14,15,18)/t9?,10?,11-/m0/s1. The van der Waals surface area contributed by atoms with Crippen LogP contribution in [0.5, 0.6) is 0 Å². The fourth-order valence-electron chi connectivity index (χ4n) is 2.53. The van der Waals surface area contributed by atoms with Crippen molar-refractivity contribution in [1.82, 2.24) is 10.6 Å². The molecule has 18 heavy (non-hydrogen) atoms. The second-order valence-corrected chi connectivity index (χ2v) is 5.29.